The van der Waals surface area contributed by atoms with Crippen molar-refractivity contribution in [2.45, 2.75) is 18.6 Å². The third kappa shape index (κ3) is 5.04. The molecule has 0 aliphatic carbocycles. The standard InChI is InChI=1S/C21H23N3O5S/c1-5-13-7-6-8-15(9-13)22-18(25)12-30-21-24-23-20(29-21)14-10-16(26-2)19(28-4)17(11-14)27-3/h6-11H,5,12H2,1-4H3,(H,22,25). The molecule has 8 nitrogen and oxygen atoms in total. The van der Waals surface area contributed by atoms with Crippen LogP contribution in [0.15, 0.2) is 46.0 Å². The van der Waals surface area contributed by atoms with Crippen molar-refractivity contribution in [3.05, 3.63) is 42.0 Å². The maximum Gasteiger partial charge on any atom is 0.277 e. The lowest BCUT2D eigenvalue weighted by Crippen LogP contribution is -2.14. The minimum absolute atomic E-state index is 0.146. The van der Waals surface area contributed by atoms with Crippen LogP contribution >= 0.6 is 11.8 Å². The number of aromatic nitrogens is 2. The molecule has 158 valence electrons. The second-order valence-corrected chi connectivity index (χ2v) is 7.10. The largest absolute Gasteiger partial charge is 0.493 e. The Hall–Kier alpha value is -3.20. The van der Waals surface area contributed by atoms with Crippen LogP contribution in [0.3, 0.4) is 0 Å². The molecule has 0 atom stereocenters. The number of thioether (sulfide) groups is 1. The molecule has 2 aromatic carbocycles. The van der Waals surface area contributed by atoms with Crippen molar-refractivity contribution in [2.24, 2.45) is 0 Å². The summed E-state index contributed by atoms with van der Waals surface area (Å²) in [6.45, 7) is 2.07. The number of carbonyl (C=O) groups is 1. The summed E-state index contributed by atoms with van der Waals surface area (Å²) in [5, 5.41) is 11.2. The third-order valence-electron chi connectivity index (χ3n) is 4.26. The predicted octanol–water partition coefficient (Wildman–Crippen LogP) is 4.06. The van der Waals surface area contributed by atoms with Gasteiger partial charge in [0.2, 0.25) is 17.5 Å². The number of nitrogens with zero attached hydrogens (tertiary/aromatic N) is 2. The first-order chi connectivity index (χ1) is 14.6. The summed E-state index contributed by atoms with van der Waals surface area (Å²) in [6, 6.07) is 11.2. The summed E-state index contributed by atoms with van der Waals surface area (Å²) in [5.41, 5.74) is 2.54. The molecule has 0 unspecified atom stereocenters. The molecule has 0 aliphatic rings. The van der Waals surface area contributed by atoms with Crippen molar-refractivity contribution in [1.82, 2.24) is 10.2 Å². The van der Waals surface area contributed by atoms with Gasteiger partial charge in [-0.15, -0.1) is 10.2 Å². The average Bonchev–Trinajstić information content (AvgIpc) is 3.25. The van der Waals surface area contributed by atoms with Gasteiger partial charge in [-0.05, 0) is 36.2 Å². The highest BCUT2D eigenvalue weighted by molar-refractivity contribution is 7.99. The van der Waals surface area contributed by atoms with Crippen LogP contribution in [0.4, 0.5) is 5.69 Å². The monoisotopic (exact) mass is 429 g/mol. The normalized spacial score (nSPS) is 10.5. The van der Waals surface area contributed by atoms with Crippen LogP contribution in [-0.2, 0) is 11.2 Å². The highest BCUT2D eigenvalue weighted by atomic mass is 32.2. The summed E-state index contributed by atoms with van der Waals surface area (Å²) in [4.78, 5) is 12.2. The number of aryl methyl sites for hydroxylation is 1. The van der Waals surface area contributed by atoms with Crippen molar-refractivity contribution >= 4 is 23.4 Å². The van der Waals surface area contributed by atoms with Crippen LogP contribution in [0.2, 0.25) is 0 Å². The smallest absolute Gasteiger partial charge is 0.277 e. The van der Waals surface area contributed by atoms with Gasteiger partial charge in [0.25, 0.3) is 5.22 Å². The van der Waals surface area contributed by atoms with Gasteiger partial charge in [-0.25, -0.2) is 0 Å². The van der Waals surface area contributed by atoms with Gasteiger partial charge in [0.1, 0.15) is 0 Å². The molecule has 0 aliphatic heterocycles. The number of methoxy groups -OCH3 is 3. The first-order valence-corrected chi connectivity index (χ1v) is 10.2. The van der Waals surface area contributed by atoms with Crippen molar-refractivity contribution in [3.63, 3.8) is 0 Å². The number of amides is 1. The Labute approximate surface area is 178 Å². The first kappa shape index (κ1) is 21.5. The molecule has 1 N–H and O–H groups in total. The summed E-state index contributed by atoms with van der Waals surface area (Å²) >= 11 is 1.16. The number of benzene rings is 2. The Balaban J connectivity index is 1.67. The summed E-state index contributed by atoms with van der Waals surface area (Å²) in [6.07, 6.45) is 0.907. The zero-order valence-corrected chi connectivity index (χ0v) is 18.0. The van der Waals surface area contributed by atoms with E-state index < -0.39 is 0 Å². The summed E-state index contributed by atoms with van der Waals surface area (Å²) < 4.78 is 21.7. The maximum absolute atomic E-state index is 12.2. The van der Waals surface area contributed by atoms with Crippen LogP contribution in [-0.4, -0.2) is 43.2 Å². The van der Waals surface area contributed by atoms with Gasteiger partial charge in [-0.2, -0.15) is 0 Å². The molecular weight excluding hydrogens is 406 g/mol. The van der Waals surface area contributed by atoms with Crippen LogP contribution in [0.25, 0.3) is 11.5 Å². The van der Waals surface area contributed by atoms with Gasteiger partial charge in [0, 0.05) is 11.3 Å². The highest BCUT2D eigenvalue weighted by Gasteiger charge is 2.18. The van der Waals surface area contributed by atoms with Crippen LogP contribution in [0.5, 0.6) is 17.2 Å². The molecule has 0 bridgehead atoms. The fourth-order valence-corrected chi connectivity index (χ4v) is 3.35. The second-order valence-electron chi connectivity index (χ2n) is 6.18. The van der Waals surface area contributed by atoms with Crippen LogP contribution < -0.4 is 19.5 Å². The minimum Gasteiger partial charge on any atom is -0.493 e. The molecule has 0 radical (unpaired) electrons. The molecule has 9 heteroatoms. The molecule has 1 aromatic heterocycles. The van der Waals surface area contributed by atoms with E-state index in [1.165, 1.54) is 21.3 Å². The van der Waals surface area contributed by atoms with E-state index in [1.54, 1.807) is 12.1 Å². The molecule has 3 aromatic rings. The number of carbonyl (C=O) groups excluding carboxylic acids is 1. The van der Waals surface area contributed by atoms with E-state index in [-0.39, 0.29) is 22.8 Å². The fraction of sp³-hybridized carbons (Fsp3) is 0.286. The van der Waals surface area contributed by atoms with Gasteiger partial charge in [-0.3, -0.25) is 4.79 Å². The van der Waals surface area contributed by atoms with E-state index in [0.717, 1.165) is 29.4 Å². The van der Waals surface area contributed by atoms with E-state index in [0.29, 0.717) is 22.8 Å². The molecule has 0 saturated carbocycles. The zero-order chi connectivity index (χ0) is 21.5. The van der Waals surface area contributed by atoms with Crippen molar-refractivity contribution in [2.75, 3.05) is 32.4 Å². The van der Waals surface area contributed by atoms with E-state index in [9.17, 15) is 4.79 Å². The molecular formula is C21H23N3O5S. The molecule has 0 saturated heterocycles. The van der Waals surface area contributed by atoms with Crippen LogP contribution in [0, 0.1) is 0 Å². The second kappa shape index (κ2) is 10.0. The molecule has 1 heterocycles. The molecule has 0 fully saturated rings. The van der Waals surface area contributed by atoms with Gasteiger partial charge >= 0.3 is 0 Å². The van der Waals surface area contributed by atoms with E-state index in [1.807, 2.05) is 24.3 Å². The van der Waals surface area contributed by atoms with E-state index in [4.69, 9.17) is 18.6 Å². The van der Waals surface area contributed by atoms with Gasteiger partial charge < -0.3 is 23.9 Å². The Morgan fingerprint density at radius 2 is 1.80 bits per heavy atom. The number of nitrogens with one attached hydrogen (secondary N) is 1. The fourth-order valence-electron chi connectivity index (χ4n) is 2.78. The molecule has 30 heavy (non-hydrogen) atoms. The predicted molar refractivity (Wildman–Crippen MR) is 115 cm³/mol. The lowest BCUT2D eigenvalue weighted by molar-refractivity contribution is -0.113. The van der Waals surface area contributed by atoms with Gasteiger partial charge in [-0.1, -0.05) is 30.8 Å². The topological polar surface area (TPSA) is 95.7 Å². The molecule has 1 amide bonds. The lowest BCUT2D eigenvalue weighted by Gasteiger charge is -2.12. The summed E-state index contributed by atoms with van der Waals surface area (Å²) in [5.74, 6) is 1.71. The Morgan fingerprint density at radius 3 is 2.43 bits per heavy atom. The van der Waals surface area contributed by atoms with Crippen molar-refractivity contribution in [1.29, 1.82) is 0 Å². The Morgan fingerprint density at radius 1 is 1.07 bits per heavy atom. The number of rotatable bonds is 9. The number of ether oxygens (including phenoxy) is 3. The zero-order valence-electron chi connectivity index (χ0n) is 17.2. The first-order valence-electron chi connectivity index (χ1n) is 9.23. The SMILES string of the molecule is CCc1cccc(NC(=O)CSc2nnc(-c3cc(OC)c(OC)c(OC)c3)o2)c1. The number of hydrogen-bond acceptors (Lipinski definition) is 8. The maximum atomic E-state index is 12.2. The van der Waals surface area contributed by atoms with Gasteiger partial charge in [0.15, 0.2) is 11.5 Å². The molecule has 3 rings (SSSR count). The minimum atomic E-state index is -0.152. The lowest BCUT2D eigenvalue weighted by atomic mass is 10.1. The number of hydrogen-bond donors (Lipinski definition) is 1. The average molecular weight is 429 g/mol. The quantitative estimate of drug-likeness (QED) is 0.509. The van der Waals surface area contributed by atoms with Gasteiger partial charge in [0.05, 0.1) is 27.1 Å². The van der Waals surface area contributed by atoms with Crippen molar-refractivity contribution < 1.29 is 23.4 Å². The van der Waals surface area contributed by atoms with Crippen molar-refractivity contribution in [3.8, 4) is 28.7 Å². The molecule has 0 spiro atoms. The third-order valence-corrected chi connectivity index (χ3v) is 5.08. The highest BCUT2D eigenvalue weighted by Crippen LogP contribution is 2.41. The van der Waals surface area contributed by atoms with E-state index in [2.05, 4.69) is 22.4 Å². The summed E-state index contributed by atoms with van der Waals surface area (Å²) in [7, 11) is 4.60. The van der Waals surface area contributed by atoms with E-state index >= 15 is 0 Å². The van der Waals surface area contributed by atoms with Crippen LogP contribution in [0.1, 0.15) is 12.5 Å². The Kier molecular flexibility index (Phi) is 7.18. The Bertz CT molecular complexity index is 996. The number of anilines is 1.